The van der Waals surface area contributed by atoms with Crippen molar-refractivity contribution in [1.29, 1.82) is 0 Å². The maximum Gasteiger partial charge on any atom is 0.490 e. The summed E-state index contributed by atoms with van der Waals surface area (Å²) in [6.07, 6.45) is -3.52. The monoisotopic (exact) mass is 516 g/mol. The van der Waals surface area contributed by atoms with Gasteiger partial charge in [-0.3, -0.25) is 14.6 Å². The van der Waals surface area contributed by atoms with E-state index in [4.69, 9.17) is 32.0 Å². The van der Waals surface area contributed by atoms with Crippen molar-refractivity contribution in [3.05, 3.63) is 46.9 Å². The number of aliphatic carboxylic acids is 1. The molecule has 0 bridgehead atoms. The normalized spacial score (nSPS) is 11.1. The molecule has 35 heavy (non-hydrogen) atoms. The predicted octanol–water partition coefficient (Wildman–Crippen LogP) is 3.81. The van der Waals surface area contributed by atoms with Gasteiger partial charge < -0.3 is 20.9 Å². The first-order valence-electron chi connectivity index (χ1n) is 10.2. The van der Waals surface area contributed by atoms with E-state index in [1.165, 1.54) is 0 Å². The number of aromatic amines is 1. The zero-order valence-electron chi connectivity index (χ0n) is 19.0. The van der Waals surface area contributed by atoms with Crippen LogP contribution in [0.5, 0.6) is 5.75 Å². The highest BCUT2D eigenvalue weighted by Crippen LogP contribution is 2.36. The number of carboxylic acid groups (broad SMARTS) is 1. The zero-order chi connectivity index (χ0) is 26.3. The number of alkyl halides is 3. The van der Waals surface area contributed by atoms with E-state index in [0.717, 1.165) is 5.69 Å². The minimum Gasteiger partial charge on any atom is -0.492 e. The number of carbonyl (C=O) groups is 2. The number of benzene rings is 1. The minimum atomic E-state index is -5.08. The zero-order valence-corrected chi connectivity index (χ0v) is 19.7. The number of aryl methyl sites for hydroxylation is 1. The lowest BCUT2D eigenvalue weighted by Crippen LogP contribution is -2.21. The van der Waals surface area contributed by atoms with E-state index in [0.29, 0.717) is 46.6 Å². The van der Waals surface area contributed by atoms with Crippen LogP contribution in [-0.2, 0) is 11.8 Å². The number of nitrogens with two attached hydrogens (primary N) is 1. The topological polar surface area (TPSA) is 148 Å². The number of halogens is 4. The standard InChI is InChI=1S/C19H23ClN6O2.C2HF3O2/c1-11(2)15-9-16(25-24-15)19(27)23-12-4-5-17(28-7-6-21)13(8-12)18-14(20)10-22-26(18)3;3-2(4,5)1(6)7/h4-5,8-11H,6-7,21H2,1-3H3,(H,23,27)(H,24,25);(H,6,7). The maximum atomic E-state index is 12.6. The molecule has 1 amide bonds. The van der Waals surface area contributed by atoms with E-state index in [1.807, 2.05) is 13.8 Å². The largest absolute Gasteiger partial charge is 0.492 e. The van der Waals surface area contributed by atoms with E-state index in [2.05, 4.69) is 20.6 Å². The number of anilines is 1. The van der Waals surface area contributed by atoms with Crippen molar-refractivity contribution in [2.45, 2.75) is 25.9 Å². The number of rotatable bonds is 7. The third-order valence-electron chi connectivity index (χ3n) is 4.46. The highest BCUT2D eigenvalue weighted by atomic mass is 35.5. The number of carbonyl (C=O) groups excluding carboxylic acids is 1. The van der Waals surface area contributed by atoms with Crippen LogP contribution in [0.25, 0.3) is 11.3 Å². The van der Waals surface area contributed by atoms with Gasteiger partial charge in [-0.15, -0.1) is 0 Å². The first-order chi connectivity index (χ1) is 16.3. The summed E-state index contributed by atoms with van der Waals surface area (Å²) in [5.41, 5.74) is 8.77. The van der Waals surface area contributed by atoms with Crippen LogP contribution in [0.3, 0.4) is 0 Å². The number of nitrogens with zero attached hydrogens (tertiary/aromatic N) is 3. The molecule has 3 rings (SSSR count). The van der Waals surface area contributed by atoms with Crippen molar-refractivity contribution in [2.24, 2.45) is 12.8 Å². The van der Waals surface area contributed by atoms with E-state index in [9.17, 15) is 18.0 Å². The molecule has 14 heteroatoms. The minimum absolute atomic E-state index is 0.256. The maximum absolute atomic E-state index is 12.6. The molecule has 0 saturated heterocycles. The average molecular weight is 517 g/mol. The van der Waals surface area contributed by atoms with Gasteiger partial charge >= 0.3 is 12.1 Å². The van der Waals surface area contributed by atoms with Gasteiger partial charge in [0.15, 0.2) is 5.69 Å². The van der Waals surface area contributed by atoms with Crippen LogP contribution in [0.4, 0.5) is 18.9 Å². The van der Waals surface area contributed by atoms with Crippen LogP contribution in [0.2, 0.25) is 5.02 Å². The number of H-pyrrole nitrogens is 1. The van der Waals surface area contributed by atoms with Crippen molar-refractivity contribution in [3.63, 3.8) is 0 Å². The SMILES string of the molecule is CC(C)c1cc(C(=O)Nc2ccc(OCCN)c(-c3c(Cl)cnn3C)c2)n[nH]1.O=C(O)C(F)(F)F. The van der Waals surface area contributed by atoms with Gasteiger partial charge in [0, 0.05) is 30.5 Å². The molecule has 0 spiro atoms. The smallest absolute Gasteiger partial charge is 0.490 e. The van der Waals surface area contributed by atoms with Gasteiger partial charge in [0.05, 0.1) is 16.9 Å². The highest BCUT2D eigenvalue weighted by Gasteiger charge is 2.38. The van der Waals surface area contributed by atoms with Gasteiger partial charge in [0.1, 0.15) is 12.4 Å². The predicted molar refractivity (Wildman–Crippen MR) is 123 cm³/mol. The molecular formula is C21H24ClF3N6O4. The molecule has 3 aromatic rings. The fraction of sp³-hybridized carbons (Fsp3) is 0.333. The molecule has 2 heterocycles. The molecule has 10 nitrogen and oxygen atoms in total. The number of nitrogens with one attached hydrogen (secondary N) is 2. The Balaban J connectivity index is 0.000000540. The van der Waals surface area contributed by atoms with Gasteiger partial charge in [-0.2, -0.15) is 23.4 Å². The molecule has 0 aliphatic heterocycles. The number of ether oxygens (including phenoxy) is 1. The number of carboxylic acids is 1. The third kappa shape index (κ3) is 7.45. The molecular weight excluding hydrogens is 493 g/mol. The number of hydrogen-bond donors (Lipinski definition) is 4. The van der Waals surface area contributed by atoms with Crippen LogP contribution in [-0.4, -0.2) is 56.3 Å². The van der Waals surface area contributed by atoms with Crippen molar-refractivity contribution in [1.82, 2.24) is 20.0 Å². The summed E-state index contributed by atoms with van der Waals surface area (Å²) >= 11 is 6.31. The van der Waals surface area contributed by atoms with Crippen molar-refractivity contribution >= 4 is 29.2 Å². The van der Waals surface area contributed by atoms with Crippen molar-refractivity contribution in [2.75, 3.05) is 18.5 Å². The van der Waals surface area contributed by atoms with Crippen molar-refractivity contribution in [3.8, 4) is 17.0 Å². The molecule has 0 radical (unpaired) electrons. The van der Waals surface area contributed by atoms with E-state index in [-0.39, 0.29) is 11.8 Å². The molecule has 0 atom stereocenters. The van der Waals surface area contributed by atoms with Crippen LogP contribution >= 0.6 is 11.6 Å². The summed E-state index contributed by atoms with van der Waals surface area (Å²) in [6.45, 7) is 4.80. The highest BCUT2D eigenvalue weighted by molar-refractivity contribution is 6.33. The summed E-state index contributed by atoms with van der Waals surface area (Å²) in [4.78, 5) is 21.4. The lowest BCUT2D eigenvalue weighted by molar-refractivity contribution is -0.192. The molecule has 1 aromatic carbocycles. The summed E-state index contributed by atoms with van der Waals surface area (Å²) in [7, 11) is 1.79. The quantitative estimate of drug-likeness (QED) is 0.373. The first kappa shape index (κ1) is 27.7. The van der Waals surface area contributed by atoms with E-state index in [1.54, 1.807) is 42.2 Å². The van der Waals surface area contributed by atoms with Gasteiger partial charge in [-0.05, 0) is 30.2 Å². The fourth-order valence-corrected chi connectivity index (χ4v) is 3.01. The Kier molecular flexibility index (Phi) is 9.25. The first-order valence-corrected chi connectivity index (χ1v) is 10.5. The van der Waals surface area contributed by atoms with Crippen LogP contribution in [0.15, 0.2) is 30.5 Å². The van der Waals surface area contributed by atoms with E-state index < -0.39 is 12.1 Å². The average Bonchev–Trinajstić information content (AvgIpc) is 3.40. The molecule has 0 aliphatic carbocycles. The molecule has 0 saturated carbocycles. The molecule has 5 N–H and O–H groups in total. The number of hydrogen-bond acceptors (Lipinski definition) is 6. The lowest BCUT2D eigenvalue weighted by Gasteiger charge is -2.14. The summed E-state index contributed by atoms with van der Waals surface area (Å²) < 4.78 is 39.1. The Hall–Kier alpha value is -3.58. The second kappa shape index (κ2) is 11.7. The van der Waals surface area contributed by atoms with Gasteiger partial charge in [0.2, 0.25) is 0 Å². The lowest BCUT2D eigenvalue weighted by atomic mass is 10.1. The Morgan fingerprint density at radius 2 is 1.97 bits per heavy atom. The molecule has 0 aliphatic rings. The Morgan fingerprint density at radius 1 is 1.31 bits per heavy atom. The molecule has 0 fully saturated rings. The van der Waals surface area contributed by atoms with Crippen molar-refractivity contribution < 1.29 is 32.6 Å². The summed E-state index contributed by atoms with van der Waals surface area (Å²) in [5.74, 6) is -2.20. The van der Waals surface area contributed by atoms with Gasteiger partial charge in [-0.25, -0.2) is 4.79 Å². The Bertz CT molecular complexity index is 1160. The third-order valence-corrected chi connectivity index (χ3v) is 4.73. The molecule has 190 valence electrons. The second-order valence-corrected chi connectivity index (χ2v) is 7.84. The molecule has 2 aromatic heterocycles. The van der Waals surface area contributed by atoms with Crippen LogP contribution in [0.1, 0.15) is 35.9 Å². The fourth-order valence-electron chi connectivity index (χ4n) is 2.75. The van der Waals surface area contributed by atoms with Gasteiger partial charge in [0.25, 0.3) is 5.91 Å². The van der Waals surface area contributed by atoms with E-state index >= 15 is 0 Å². The number of amides is 1. The summed E-state index contributed by atoms with van der Waals surface area (Å²) in [5, 5.41) is 21.6. The van der Waals surface area contributed by atoms with Crippen LogP contribution in [0, 0.1) is 0 Å². The van der Waals surface area contributed by atoms with Gasteiger partial charge in [-0.1, -0.05) is 25.4 Å². The molecule has 0 unspecified atom stereocenters. The Labute approximate surface area is 203 Å². The number of aromatic nitrogens is 4. The Morgan fingerprint density at radius 3 is 2.46 bits per heavy atom. The van der Waals surface area contributed by atoms with Crippen LogP contribution < -0.4 is 15.8 Å². The summed E-state index contributed by atoms with van der Waals surface area (Å²) in [6, 6.07) is 7.07. The second-order valence-electron chi connectivity index (χ2n) is 7.43.